The van der Waals surface area contributed by atoms with E-state index in [9.17, 15) is 9.18 Å². The summed E-state index contributed by atoms with van der Waals surface area (Å²) in [4.78, 5) is 23.0. The molecule has 1 amide bonds. The summed E-state index contributed by atoms with van der Waals surface area (Å²) < 4.78 is 14.1. The van der Waals surface area contributed by atoms with E-state index in [1.54, 1.807) is 6.07 Å². The summed E-state index contributed by atoms with van der Waals surface area (Å²) in [6.45, 7) is 6.91. The molecule has 0 bridgehead atoms. The van der Waals surface area contributed by atoms with Gasteiger partial charge in [-0.25, -0.2) is 19.4 Å². The van der Waals surface area contributed by atoms with Crippen LogP contribution in [0.5, 0.6) is 0 Å². The molecule has 2 aliphatic heterocycles. The molecular formula is C30H39FN4OS. The molecule has 2 aromatic carbocycles. The zero-order chi connectivity index (χ0) is 25.8. The first-order valence-corrected chi connectivity index (χ1v) is 16.3. The Morgan fingerprint density at radius 2 is 1.68 bits per heavy atom. The normalized spacial score (nSPS) is 19.5. The molecule has 1 aromatic heterocycles. The van der Waals surface area contributed by atoms with Crippen LogP contribution >= 0.6 is 10.0 Å². The van der Waals surface area contributed by atoms with E-state index in [0.717, 1.165) is 37.4 Å². The number of piperidine rings is 1. The average molecular weight is 523 g/mol. The third-order valence-corrected chi connectivity index (χ3v) is 10.3. The fraction of sp³-hybridized carbons (Fsp3) is 0.467. The zero-order valence-electron chi connectivity index (χ0n) is 22.1. The van der Waals surface area contributed by atoms with Crippen molar-refractivity contribution in [2.75, 3.05) is 63.3 Å². The van der Waals surface area contributed by atoms with Crippen LogP contribution in [0.1, 0.15) is 35.2 Å². The first-order chi connectivity index (χ1) is 17.9. The third-order valence-electron chi connectivity index (χ3n) is 7.75. The Morgan fingerprint density at radius 3 is 2.41 bits per heavy atom. The molecule has 3 aromatic rings. The number of fused-ring (bicyclic) bond motifs is 1. The standard InChI is InChI=1S/C30H39FN4OS/c1-37(2)18-16-35(17-19-37)22-23-6-8-24(9-7-23)29-21-27(26-20-25(31)10-11-28(26)33-29)30(36)32-12-15-34-13-4-3-5-14-34/h6-11,20-21H,3-5,12-19,22H2,1-2H3,(H,32,36). The molecular weight excluding hydrogens is 483 g/mol. The van der Waals surface area contributed by atoms with E-state index >= 15 is 0 Å². The van der Waals surface area contributed by atoms with E-state index in [0.29, 0.717) is 23.0 Å². The molecule has 0 aliphatic carbocycles. The van der Waals surface area contributed by atoms with E-state index in [4.69, 9.17) is 4.98 Å². The predicted octanol–water partition coefficient (Wildman–Crippen LogP) is 5.14. The molecule has 5 rings (SSSR count). The molecule has 0 radical (unpaired) electrons. The van der Waals surface area contributed by atoms with Crippen molar-refractivity contribution in [3.8, 4) is 11.3 Å². The first kappa shape index (κ1) is 26.1. The van der Waals surface area contributed by atoms with Crippen LogP contribution in [0.4, 0.5) is 4.39 Å². The summed E-state index contributed by atoms with van der Waals surface area (Å²) >= 11 is 0. The maximum atomic E-state index is 14.1. The Bertz CT molecular complexity index is 1230. The van der Waals surface area contributed by atoms with Crippen LogP contribution in [0.2, 0.25) is 0 Å². The molecule has 1 N–H and O–H groups in total. The highest BCUT2D eigenvalue weighted by molar-refractivity contribution is 8.32. The van der Waals surface area contributed by atoms with E-state index in [-0.39, 0.29) is 11.7 Å². The molecule has 2 fully saturated rings. The molecule has 0 spiro atoms. The molecule has 0 atom stereocenters. The minimum atomic E-state index is -0.403. The maximum absolute atomic E-state index is 14.1. The van der Waals surface area contributed by atoms with Crippen molar-refractivity contribution in [3.05, 3.63) is 65.5 Å². The van der Waals surface area contributed by atoms with Gasteiger partial charge in [0, 0.05) is 43.7 Å². The highest BCUT2D eigenvalue weighted by atomic mass is 32.3. The summed E-state index contributed by atoms with van der Waals surface area (Å²) in [6.07, 6.45) is 8.61. The van der Waals surface area contributed by atoms with E-state index in [1.807, 2.05) is 6.07 Å². The third kappa shape index (κ3) is 6.70. The molecule has 2 saturated heterocycles. The number of nitrogens with one attached hydrogen (secondary N) is 1. The van der Waals surface area contributed by atoms with Gasteiger partial charge in [-0.05, 0) is 79.8 Å². The van der Waals surface area contributed by atoms with E-state index in [1.165, 1.54) is 61.6 Å². The van der Waals surface area contributed by atoms with Crippen LogP contribution < -0.4 is 5.32 Å². The number of nitrogens with zero attached hydrogens (tertiary/aromatic N) is 3. The van der Waals surface area contributed by atoms with Crippen LogP contribution in [0.25, 0.3) is 22.2 Å². The Hall–Kier alpha value is -2.48. The van der Waals surface area contributed by atoms with Crippen molar-refractivity contribution in [2.24, 2.45) is 0 Å². The Kier molecular flexibility index (Phi) is 8.12. The number of benzene rings is 2. The largest absolute Gasteiger partial charge is 0.351 e. The maximum Gasteiger partial charge on any atom is 0.252 e. The molecule has 0 saturated carbocycles. The van der Waals surface area contributed by atoms with Gasteiger partial charge >= 0.3 is 0 Å². The van der Waals surface area contributed by atoms with Gasteiger partial charge in [0.15, 0.2) is 0 Å². The molecule has 0 unspecified atom stereocenters. The number of pyridine rings is 1. The van der Waals surface area contributed by atoms with Gasteiger partial charge in [-0.15, -0.1) is 0 Å². The molecule has 3 heterocycles. The molecule has 198 valence electrons. The van der Waals surface area contributed by atoms with Crippen molar-refractivity contribution < 1.29 is 9.18 Å². The fourth-order valence-electron chi connectivity index (χ4n) is 5.30. The lowest BCUT2D eigenvalue weighted by molar-refractivity contribution is 0.0948. The van der Waals surface area contributed by atoms with Crippen molar-refractivity contribution in [2.45, 2.75) is 25.8 Å². The monoisotopic (exact) mass is 522 g/mol. The summed E-state index contributed by atoms with van der Waals surface area (Å²) in [7, 11) is -0.403. The number of amides is 1. The SMILES string of the molecule is CS1(C)CCN(Cc2ccc(-c3cc(C(=O)NCCN4CCCCC4)c4cc(F)ccc4n3)cc2)CC1. The topological polar surface area (TPSA) is 48.5 Å². The molecule has 2 aliphatic rings. The minimum absolute atomic E-state index is 0.178. The highest BCUT2D eigenvalue weighted by Gasteiger charge is 2.21. The summed E-state index contributed by atoms with van der Waals surface area (Å²) in [5.41, 5.74) is 4.08. The van der Waals surface area contributed by atoms with Gasteiger partial charge in [-0.2, -0.15) is 0 Å². The van der Waals surface area contributed by atoms with Crippen LogP contribution in [0.3, 0.4) is 0 Å². The van der Waals surface area contributed by atoms with Gasteiger partial charge in [0.05, 0.1) is 16.8 Å². The van der Waals surface area contributed by atoms with Gasteiger partial charge in [0.2, 0.25) is 0 Å². The Labute approximate surface area is 221 Å². The lowest BCUT2D eigenvalue weighted by Gasteiger charge is -2.41. The molecule has 7 heteroatoms. The zero-order valence-corrected chi connectivity index (χ0v) is 23.0. The predicted molar refractivity (Wildman–Crippen MR) is 154 cm³/mol. The summed E-state index contributed by atoms with van der Waals surface area (Å²) in [5, 5.41) is 3.61. The number of halogens is 1. The van der Waals surface area contributed by atoms with Gasteiger partial charge in [-0.3, -0.25) is 9.69 Å². The summed E-state index contributed by atoms with van der Waals surface area (Å²) in [5.74, 6) is 2.09. The number of hydrogen-bond acceptors (Lipinski definition) is 4. The van der Waals surface area contributed by atoms with Crippen molar-refractivity contribution >= 4 is 26.8 Å². The van der Waals surface area contributed by atoms with Crippen molar-refractivity contribution in [1.82, 2.24) is 20.1 Å². The Morgan fingerprint density at radius 1 is 0.946 bits per heavy atom. The van der Waals surface area contributed by atoms with Crippen molar-refractivity contribution in [1.29, 1.82) is 0 Å². The van der Waals surface area contributed by atoms with E-state index < -0.39 is 10.0 Å². The number of likely N-dealkylation sites (tertiary alicyclic amines) is 1. The number of carbonyl (C=O) groups excluding carboxylic acids is 1. The van der Waals surface area contributed by atoms with E-state index in [2.05, 4.69) is 51.9 Å². The molecule has 5 nitrogen and oxygen atoms in total. The fourth-order valence-corrected chi connectivity index (χ4v) is 7.01. The number of rotatable bonds is 7. The summed E-state index contributed by atoms with van der Waals surface area (Å²) in [6, 6.07) is 14.8. The van der Waals surface area contributed by atoms with Crippen LogP contribution in [-0.2, 0) is 6.54 Å². The first-order valence-electron chi connectivity index (χ1n) is 13.5. The van der Waals surface area contributed by atoms with Gasteiger partial charge < -0.3 is 10.2 Å². The highest BCUT2D eigenvalue weighted by Crippen LogP contribution is 2.41. The number of hydrogen-bond donors (Lipinski definition) is 1. The quantitative estimate of drug-likeness (QED) is 0.467. The lowest BCUT2D eigenvalue weighted by atomic mass is 10.0. The lowest BCUT2D eigenvalue weighted by Crippen LogP contribution is -2.37. The van der Waals surface area contributed by atoms with Crippen LogP contribution in [0.15, 0.2) is 48.5 Å². The second kappa shape index (κ2) is 11.5. The Balaban J connectivity index is 1.32. The van der Waals surface area contributed by atoms with Gasteiger partial charge in [0.1, 0.15) is 5.82 Å². The van der Waals surface area contributed by atoms with Gasteiger partial charge in [-0.1, -0.05) is 30.7 Å². The van der Waals surface area contributed by atoms with Crippen LogP contribution in [0, 0.1) is 5.82 Å². The second-order valence-electron chi connectivity index (χ2n) is 11.0. The average Bonchev–Trinajstić information content (AvgIpc) is 2.90. The second-order valence-corrected chi connectivity index (χ2v) is 15.4. The molecule has 37 heavy (non-hydrogen) atoms. The van der Waals surface area contributed by atoms with Crippen LogP contribution in [-0.4, -0.2) is 84.0 Å². The smallest absolute Gasteiger partial charge is 0.252 e. The number of aromatic nitrogens is 1. The minimum Gasteiger partial charge on any atom is -0.351 e. The number of carbonyl (C=O) groups is 1. The van der Waals surface area contributed by atoms with Gasteiger partial charge in [0.25, 0.3) is 5.91 Å². The van der Waals surface area contributed by atoms with Crippen molar-refractivity contribution in [3.63, 3.8) is 0 Å².